The Morgan fingerprint density at radius 1 is 1.24 bits per heavy atom. The van der Waals surface area contributed by atoms with Crippen LogP contribution in [0.5, 0.6) is 5.75 Å². The zero-order chi connectivity index (χ0) is 21.0. The monoisotopic (exact) mass is 520 g/mol. The van der Waals surface area contributed by atoms with E-state index in [2.05, 4.69) is 47.4 Å². The van der Waals surface area contributed by atoms with Crippen molar-refractivity contribution in [3.8, 4) is 5.75 Å². The van der Waals surface area contributed by atoms with Crippen molar-refractivity contribution >= 4 is 60.1 Å². The topological polar surface area (TPSA) is 107 Å². The molecule has 3 rings (SSSR count). The van der Waals surface area contributed by atoms with Gasteiger partial charge in [0.2, 0.25) is 0 Å². The fourth-order valence-corrected chi connectivity index (χ4v) is 3.88. The van der Waals surface area contributed by atoms with E-state index in [1.165, 1.54) is 12.1 Å². The minimum Gasteiger partial charge on any atom is -0.480 e. The first kappa shape index (κ1) is 20.9. The van der Waals surface area contributed by atoms with Gasteiger partial charge < -0.3 is 4.74 Å². The van der Waals surface area contributed by atoms with E-state index >= 15 is 0 Å². The van der Waals surface area contributed by atoms with E-state index in [1.54, 1.807) is 25.3 Å². The van der Waals surface area contributed by atoms with Crippen LogP contribution in [0.3, 0.4) is 0 Å². The van der Waals surface area contributed by atoms with E-state index in [1.807, 2.05) is 18.2 Å². The molecule has 1 N–H and O–H groups in total. The number of ether oxygens (including phenoxy) is 1. The van der Waals surface area contributed by atoms with Crippen molar-refractivity contribution in [3.05, 3.63) is 73.3 Å². The van der Waals surface area contributed by atoms with Gasteiger partial charge in [0, 0.05) is 28.2 Å². The number of rotatable bonds is 6. The van der Waals surface area contributed by atoms with Crippen molar-refractivity contribution in [3.63, 3.8) is 0 Å². The molecular formula is C19H14Br2N4O4. The van der Waals surface area contributed by atoms with Crippen LogP contribution in [0.15, 0.2) is 62.7 Å². The third-order valence-electron chi connectivity index (χ3n) is 3.94. The van der Waals surface area contributed by atoms with Crippen molar-refractivity contribution in [2.45, 2.75) is 6.92 Å². The lowest BCUT2D eigenvalue weighted by Crippen LogP contribution is -2.25. The number of hydrazone groups is 1. The molecule has 0 atom stereocenters. The van der Waals surface area contributed by atoms with E-state index in [9.17, 15) is 14.9 Å². The lowest BCUT2D eigenvalue weighted by atomic mass is 10.1. The van der Waals surface area contributed by atoms with E-state index in [0.29, 0.717) is 27.0 Å². The minimum atomic E-state index is -0.478. The number of carbonyl (C=O) groups is 1. The number of nitro benzene ring substituents is 1. The summed E-state index contributed by atoms with van der Waals surface area (Å²) in [5.74, 6) is 0.000169. The van der Waals surface area contributed by atoms with Gasteiger partial charge in [-0.3, -0.25) is 19.9 Å². The van der Waals surface area contributed by atoms with E-state index in [0.717, 1.165) is 9.86 Å². The molecule has 1 amide bonds. The van der Waals surface area contributed by atoms with E-state index < -0.39 is 10.8 Å². The predicted molar refractivity (Wildman–Crippen MR) is 116 cm³/mol. The molecule has 1 heterocycles. The first-order valence-corrected chi connectivity index (χ1v) is 9.89. The lowest BCUT2D eigenvalue weighted by molar-refractivity contribution is -0.384. The molecule has 3 aromatic rings. The van der Waals surface area contributed by atoms with Gasteiger partial charge in [-0.25, -0.2) is 5.43 Å². The third-order valence-corrected chi connectivity index (χ3v) is 5.19. The zero-order valence-electron chi connectivity index (χ0n) is 15.1. The van der Waals surface area contributed by atoms with Gasteiger partial charge in [0.05, 0.1) is 15.1 Å². The maximum Gasteiger partial charge on any atom is 0.277 e. The van der Waals surface area contributed by atoms with Gasteiger partial charge >= 0.3 is 0 Å². The Labute approximate surface area is 182 Å². The summed E-state index contributed by atoms with van der Waals surface area (Å²) in [6, 6.07) is 11.4. The number of halogens is 2. The van der Waals surface area contributed by atoms with Crippen molar-refractivity contribution in [1.29, 1.82) is 0 Å². The van der Waals surface area contributed by atoms with Crippen molar-refractivity contribution in [2.75, 3.05) is 6.61 Å². The number of nitrogens with zero attached hydrogens (tertiary/aromatic N) is 3. The number of nitrogens with one attached hydrogen (secondary N) is 1. The van der Waals surface area contributed by atoms with Gasteiger partial charge in [0.15, 0.2) is 12.4 Å². The Morgan fingerprint density at radius 3 is 2.66 bits per heavy atom. The minimum absolute atomic E-state index is 0.0140. The van der Waals surface area contributed by atoms with Crippen LogP contribution in [0.1, 0.15) is 12.5 Å². The van der Waals surface area contributed by atoms with Gasteiger partial charge in [-0.2, -0.15) is 5.10 Å². The maximum atomic E-state index is 12.1. The number of non-ortho nitro benzene ring substituents is 1. The number of aromatic nitrogens is 1. The number of hydrogen-bond donors (Lipinski definition) is 1. The average Bonchev–Trinajstić information content (AvgIpc) is 2.72. The first-order chi connectivity index (χ1) is 13.9. The third kappa shape index (κ3) is 4.96. The number of fused-ring (bicyclic) bond motifs is 1. The Bertz CT molecular complexity index is 1120. The van der Waals surface area contributed by atoms with Crippen molar-refractivity contribution in [2.24, 2.45) is 5.10 Å². The predicted octanol–water partition coefficient (Wildman–Crippen LogP) is 4.59. The van der Waals surface area contributed by atoms with Crippen LogP contribution in [0.2, 0.25) is 0 Å². The fraction of sp³-hybridized carbons (Fsp3) is 0.105. The van der Waals surface area contributed by atoms with Crippen LogP contribution in [0.4, 0.5) is 5.69 Å². The maximum absolute atomic E-state index is 12.1. The molecule has 0 aliphatic rings. The summed E-state index contributed by atoms with van der Waals surface area (Å²) >= 11 is 6.90. The molecule has 0 radical (unpaired) electrons. The molecular weight excluding hydrogens is 508 g/mol. The molecule has 0 spiro atoms. The van der Waals surface area contributed by atoms with E-state index in [-0.39, 0.29) is 12.3 Å². The second-order valence-electron chi connectivity index (χ2n) is 5.89. The highest BCUT2D eigenvalue weighted by Crippen LogP contribution is 2.37. The molecule has 1 aromatic heterocycles. The number of nitro groups is 1. The molecule has 0 fully saturated rings. The summed E-state index contributed by atoms with van der Waals surface area (Å²) in [5.41, 5.74) is 4.18. The quantitative estimate of drug-likeness (QED) is 0.290. The van der Waals surface area contributed by atoms with Crippen molar-refractivity contribution < 1.29 is 14.5 Å². The van der Waals surface area contributed by atoms with Gasteiger partial charge in [0.25, 0.3) is 11.6 Å². The Hall–Kier alpha value is -2.85. The van der Waals surface area contributed by atoms with Crippen LogP contribution in [-0.4, -0.2) is 28.1 Å². The highest BCUT2D eigenvalue weighted by molar-refractivity contribution is 9.11. The second-order valence-corrected chi connectivity index (χ2v) is 7.60. The highest BCUT2D eigenvalue weighted by atomic mass is 79.9. The van der Waals surface area contributed by atoms with Crippen LogP contribution in [0, 0.1) is 10.1 Å². The number of benzene rings is 2. The largest absolute Gasteiger partial charge is 0.480 e. The molecule has 0 saturated heterocycles. The molecule has 148 valence electrons. The number of pyridine rings is 1. The normalized spacial score (nSPS) is 11.3. The van der Waals surface area contributed by atoms with Crippen LogP contribution in [-0.2, 0) is 4.79 Å². The SMILES string of the molecule is C/C(=N\NC(=O)COc1c(Br)cc(Br)c2cccnc12)c1ccc([N+](=O)[O-])cc1. The lowest BCUT2D eigenvalue weighted by Gasteiger charge is -2.11. The van der Waals surface area contributed by atoms with Crippen molar-refractivity contribution in [1.82, 2.24) is 10.4 Å². The van der Waals surface area contributed by atoms with Crippen LogP contribution in [0.25, 0.3) is 10.9 Å². The van der Waals surface area contributed by atoms with E-state index in [4.69, 9.17) is 4.74 Å². The first-order valence-electron chi connectivity index (χ1n) is 8.30. The van der Waals surface area contributed by atoms with Gasteiger partial charge in [-0.15, -0.1) is 0 Å². The summed E-state index contributed by atoms with van der Waals surface area (Å²) in [5, 5.41) is 15.6. The van der Waals surface area contributed by atoms with Crippen LogP contribution < -0.4 is 10.2 Å². The Kier molecular flexibility index (Phi) is 6.55. The number of hydrogen-bond acceptors (Lipinski definition) is 6. The molecule has 0 bridgehead atoms. The molecule has 8 nitrogen and oxygen atoms in total. The number of carbonyl (C=O) groups excluding carboxylic acids is 1. The Morgan fingerprint density at radius 2 is 1.97 bits per heavy atom. The van der Waals surface area contributed by atoms with Crippen LogP contribution >= 0.6 is 31.9 Å². The average molecular weight is 522 g/mol. The summed E-state index contributed by atoms with van der Waals surface area (Å²) in [6.45, 7) is 1.42. The molecule has 29 heavy (non-hydrogen) atoms. The molecule has 0 saturated carbocycles. The molecule has 0 aliphatic carbocycles. The second kappa shape index (κ2) is 9.10. The summed E-state index contributed by atoms with van der Waals surface area (Å²) in [4.78, 5) is 26.7. The molecule has 0 unspecified atom stereocenters. The molecule has 10 heteroatoms. The smallest absolute Gasteiger partial charge is 0.277 e. The summed E-state index contributed by atoms with van der Waals surface area (Å²) in [7, 11) is 0. The van der Waals surface area contributed by atoms with Gasteiger partial charge in [0.1, 0.15) is 5.52 Å². The van der Waals surface area contributed by atoms with Gasteiger partial charge in [-0.05, 0) is 52.7 Å². The number of amides is 1. The highest BCUT2D eigenvalue weighted by Gasteiger charge is 2.13. The fourth-order valence-electron chi connectivity index (χ4n) is 2.49. The standard InChI is InChI=1S/C19H14Br2N4O4/c1-11(12-4-6-13(7-5-12)25(27)28)23-24-17(26)10-29-19-16(21)9-15(20)14-3-2-8-22-18(14)19/h2-9H,10H2,1H3,(H,24,26)/b23-11+. The summed E-state index contributed by atoms with van der Waals surface area (Å²) < 4.78 is 7.18. The molecule has 2 aromatic carbocycles. The zero-order valence-corrected chi connectivity index (χ0v) is 18.2. The van der Waals surface area contributed by atoms with Gasteiger partial charge in [-0.1, -0.05) is 22.0 Å². The molecule has 0 aliphatic heterocycles. The summed E-state index contributed by atoms with van der Waals surface area (Å²) in [6.07, 6.45) is 1.64. The Balaban J connectivity index is 1.67.